The van der Waals surface area contributed by atoms with Gasteiger partial charge in [0.25, 0.3) is 5.91 Å². The van der Waals surface area contributed by atoms with E-state index in [1.165, 1.54) is 0 Å². The maximum absolute atomic E-state index is 13.8. The number of aryl methyl sites for hydroxylation is 1. The predicted octanol–water partition coefficient (Wildman–Crippen LogP) is 4.89. The number of aromatic nitrogens is 4. The summed E-state index contributed by atoms with van der Waals surface area (Å²) in [5.74, 6) is 0.645. The highest BCUT2D eigenvalue weighted by Crippen LogP contribution is 2.42. The van der Waals surface area contributed by atoms with Crippen LogP contribution in [0.15, 0.2) is 78.9 Å². The highest BCUT2D eigenvalue weighted by molar-refractivity contribution is 6.07. The van der Waals surface area contributed by atoms with Gasteiger partial charge in [-0.2, -0.15) is 4.68 Å². The fourth-order valence-corrected chi connectivity index (χ4v) is 4.95. The molecule has 36 heavy (non-hydrogen) atoms. The van der Waals surface area contributed by atoms with Crippen LogP contribution in [-0.2, 0) is 4.79 Å². The zero-order valence-corrected chi connectivity index (χ0v) is 20.6. The fourth-order valence-electron chi connectivity index (χ4n) is 4.95. The van der Waals surface area contributed by atoms with Crippen molar-refractivity contribution in [1.82, 2.24) is 20.2 Å². The zero-order valence-electron chi connectivity index (χ0n) is 20.6. The van der Waals surface area contributed by atoms with E-state index in [1.54, 1.807) is 16.8 Å². The van der Waals surface area contributed by atoms with Gasteiger partial charge in [0.15, 0.2) is 5.82 Å². The topological polar surface area (TPSA) is 84.2 Å². The van der Waals surface area contributed by atoms with E-state index in [0.29, 0.717) is 24.2 Å². The lowest BCUT2D eigenvalue weighted by Gasteiger charge is -2.43. The zero-order chi connectivity index (χ0) is 25.2. The maximum atomic E-state index is 13.8. The SMILES string of the molecule is CCC(=O)N(c1ccccc1)[C@@H]1C[C@H](C)N(C(=O)c2ccc(-n3nnnc3C)cc2)c2ccccc21. The van der Waals surface area contributed by atoms with Gasteiger partial charge in [-0.1, -0.05) is 43.3 Å². The van der Waals surface area contributed by atoms with E-state index >= 15 is 0 Å². The summed E-state index contributed by atoms with van der Waals surface area (Å²) in [7, 11) is 0. The van der Waals surface area contributed by atoms with Crippen molar-refractivity contribution < 1.29 is 9.59 Å². The average molecular weight is 481 g/mol. The normalized spacial score (nSPS) is 16.9. The Morgan fingerprint density at radius 3 is 2.33 bits per heavy atom. The second kappa shape index (κ2) is 9.73. The molecule has 0 aliphatic carbocycles. The summed E-state index contributed by atoms with van der Waals surface area (Å²) >= 11 is 0. The molecule has 0 N–H and O–H groups in total. The summed E-state index contributed by atoms with van der Waals surface area (Å²) in [5, 5.41) is 11.6. The molecule has 8 nitrogen and oxygen atoms in total. The van der Waals surface area contributed by atoms with Crippen molar-refractivity contribution in [3.8, 4) is 5.69 Å². The van der Waals surface area contributed by atoms with Crippen LogP contribution in [0.4, 0.5) is 11.4 Å². The van der Waals surface area contributed by atoms with Crippen molar-refractivity contribution in [2.75, 3.05) is 9.80 Å². The smallest absolute Gasteiger partial charge is 0.258 e. The fraction of sp³-hybridized carbons (Fsp3) is 0.250. The Morgan fingerprint density at radius 2 is 1.67 bits per heavy atom. The molecule has 0 saturated carbocycles. The van der Waals surface area contributed by atoms with Gasteiger partial charge in [-0.25, -0.2) is 0 Å². The van der Waals surface area contributed by atoms with E-state index in [1.807, 2.05) is 97.3 Å². The van der Waals surface area contributed by atoms with Crippen molar-refractivity contribution >= 4 is 23.2 Å². The maximum Gasteiger partial charge on any atom is 0.258 e. The van der Waals surface area contributed by atoms with Gasteiger partial charge in [0.1, 0.15) is 0 Å². The molecule has 182 valence electrons. The van der Waals surface area contributed by atoms with Crippen molar-refractivity contribution in [1.29, 1.82) is 0 Å². The van der Waals surface area contributed by atoms with E-state index in [0.717, 1.165) is 22.6 Å². The van der Waals surface area contributed by atoms with Crippen LogP contribution in [0, 0.1) is 6.92 Å². The summed E-state index contributed by atoms with van der Waals surface area (Å²) in [6.07, 6.45) is 1.03. The van der Waals surface area contributed by atoms with Crippen LogP contribution in [0.1, 0.15) is 54.5 Å². The Balaban J connectivity index is 1.51. The molecule has 8 heteroatoms. The standard InChI is InChI=1S/C28H28N6O2/c1-4-27(35)33(22-10-6-5-7-11-22)26-18-19(2)32(25-13-9-8-12-24(25)26)28(36)21-14-16-23(17-15-21)34-20(3)29-30-31-34/h5-17,19,26H,4,18H2,1-3H3/t19-,26+/m0/s1. The lowest BCUT2D eigenvalue weighted by Crippen LogP contribution is -2.47. The van der Waals surface area contributed by atoms with E-state index in [4.69, 9.17) is 0 Å². The number of rotatable bonds is 5. The molecule has 0 bridgehead atoms. The Kier molecular flexibility index (Phi) is 6.33. The van der Waals surface area contributed by atoms with Crippen LogP contribution < -0.4 is 9.80 Å². The first-order valence-corrected chi connectivity index (χ1v) is 12.1. The van der Waals surface area contributed by atoms with Gasteiger partial charge in [-0.05, 0) is 78.7 Å². The Morgan fingerprint density at radius 1 is 0.972 bits per heavy atom. The molecule has 0 spiro atoms. The molecule has 2 heterocycles. The summed E-state index contributed by atoms with van der Waals surface area (Å²) in [6, 6.07) is 24.7. The molecule has 0 saturated heterocycles. The quantitative estimate of drug-likeness (QED) is 0.406. The first-order valence-electron chi connectivity index (χ1n) is 12.1. The average Bonchev–Trinajstić information content (AvgIpc) is 3.35. The van der Waals surface area contributed by atoms with Crippen LogP contribution in [0.25, 0.3) is 5.69 Å². The number of nitrogens with zero attached hydrogens (tertiary/aromatic N) is 6. The number of fused-ring (bicyclic) bond motifs is 1. The van der Waals surface area contributed by atoms with E-state index in [2.05, 4.69) is 15.5 Å². The molecule has 0 unspecified atom stereocenters. The number of hydrogen-bond donors (Lipinski definition) is 0. The number of para-hydroxylation sites is 2. The number of carbonyl (C=O) groups is 2. The number of anilines is 2. The third-order valence-electron chi connectivity index (χ3n) is 6.68. The molecule has 2 atom stereocenters. The van der Waals surface area contributed by atoms with Gasteiger partial charge >= 0.3 is 0 Å². The third-order valence-corrected chi connectivity index (χ3v) is 6.68. The monoisotopic (exact) mass is 480 g/mol. The van der Waals surface area contributed by atoms with Crippen LogP contribution in [0.2, 0.25) is 0 Å². The first kappa shape index (κ1) is 23.4. The van der Waals surface area contributed by atoms with Gasteiger partial charge in [-0.3, -0.25) is 9.59 Å². The lowest BCUT2D eigenvalue weighted by atomic mass is 9.89. The molecule has 0 fully saturated rings. The highest BCUT2D eigenvalue weighted by Gasteiger charge is 2.38. The molecule has 3 aromatic carbocycles. The molecular weight excluding hydrogens is 452 g/mol. The summed E-state index contributed by atoms with van der Waals surface area (Å²) in [6.45, 7) is 5.75. The largest absolute Gasteiger partial charge is 0.305 e. The van der Waals surface area contributed by atoms with Gasteiger partial charge < -0.3 is 9.80 Å². The number of tetrazole rings is 1. The molecule has 1 aliphatic rings. The molecule has 0 radical (unpaired) electrons. The van der Waals surface area contributed by atoms with Crippen LogP contribution in [0.5, 0.6) is 0 Å². The molecule has 1 aliphatic heterocycles. The minimum absolute atomic E-state index is 0.0569. The first-order chi connectivity index (χ1) is 17.5. The Bertz CT molecular complexity index is 1380. The minimum Gasteiger partial charge on any atom is -0.305 e. The molecular formula is C28H28N6O2. The minimum atomic E-state index is -0.166. The summed E-state index contributed by atoms with van der Waals surface area (Å²) in [5.41, 5.74) is 4.03. The number of amides is 2. The Labute approximate surface area is 210 Å². The van der Waals surface area contributed by atoms with Crippen LogP contribution in [0.3, 0.4) is 0 Å². The third kappa shape index (κ3) is 4.15. The number of carbonyl (C=O) groups excluding carboxylic acids is 2. The van der Waals surface area contributed by atoms with E-state index < -0.39 is 0 Å². The van der Waals surface area contributed by atoms with Gasteiger partial charge in [0, 0.05) is 29.4 Å². The van der Waals surface area contributed by atoms with Crippen LogP contribution in [-0.4, -0.2) is 38.1 Å². The molecule has 5 rings (SSSR count). The van der Waals surface area contributed by atoms with Gasteiger partial charge in [0.05, 0.1) is 11.7 Å². The van der Waals surface area contributed by atoms with Crippen molar-refractivity contribution in [2.24, 2.45) is 0 Å². The Hall–Kier alpha value is -4.33. The van der Waals surface area contributed by atoms with Crippen molar-refractivity contribution in [3.63, 3.8) is 0 Å². The number of hydrogen-bond acceptors (Lipinski definition) is 5. The highest BCUT2D eigenvalue weighted by atomic mass is 16.2. The second-order valence-electron chi connectivity index (χ2n) is 8.97. The summed E-state index contributed by atoms with van der Waals surface area (Å²) in [4.78, 5) is 30.7. The van der Waals surface area contributed by atoms with Crippen molar-refractivity contribution in [3.05, 3.63) is 95.8 Å². The van der Waals surface area contributed by atoms with Gasteiger partial charge in [0.2, 0.25) is 5.91 Å². The second-order valence-corrected chi connectivity index (χ2v) is 8.97. The molecule has 4 aromatic rings. The van der Waals surface area contributed by atoms with Crippen molar-refractivity contribution in [2.45, 2.75) is 45.7 Å². The summed E-state index contributed by atoms with van der Waals surface area (Å²) < 4.78 is 1.63. The van der Waals surface area contributed by atoms with Crippen LogP contribution >= 0.6 is 0 Å². The predicted molar refractivity (Wildman–Crippen MR) is 138 cm³/mol. The molecule has 1 aromatic heterocycles. The van der Waals surface area contributed by atoms with Gasteiger partial charge in [-0.15, -0.1) is 5.10 Å². The van der Waals surface area contributed by atoms with E-state index in [9.17, 15) is 9.59 Å². The number of benzene rings is 3. The molecule has 2 amide bonds. The van der Waals surface area contributed by atoms with E-state index in [-0.39, 0.29) is 23.9 Å². The lowest BCUT2D eigenvalue weighted by molar-refractivity contribution is -0.118.